The van der Waals surface area contributed by atoms with E-state index in [-0.39, 0.29) is 18.7 Å². The summed E-state index contributed by atoms with van der Waals surface area (Å²) in [7, 11) is 2.29. The van der Waals surface area contributed by atoms with Crippen LogP contribution >= 0.6 is 0 Å². The Bertz CT molecular complexity index is 857. The van der Waals surface area contributed by atoms with Gasteiger partial charge in [0.2, 0.25) is 0 Å². The van der Waals surface area contributed by atoms with Crippen LogP contribution in [0.5, 0.6) is 0 Å². The number of carbonyl (C=O) groups is 3. The summed E-state index contributed by atoms with van der Waals surface area (Å²) in [5, 5.41) is 11.8. The van der Waals surface area contributed by atoms with E-state index in [2.05, 4.69) is 0 Å². The number of fused-ring (bicyclic) bond motifs is 1. The smallest absolute Gasteiger partial charge is 0.337 e. The van der Waals surface area contributed by atoms with Crippen molar-refractivity contribution in [2.24, 2.45) is 0 Å². The van der Waals surface area contributed by atoms with Crippen molar-refractivity contribution < 1.29 is 43.2 Å². The van der Waals surface area contributed by atoms with Gasteiger partial charge in [0.15, 0.2) is 17.7 Å². The second-order valence-corrected chi connectivity index (χ2v) is 6.60. The van der Waals surface area contributed by atoms with E-state index < -0.39 is 46.5 Å². The van der Waals surface area contributed by atoms with Crippen molar-refractivity contribution >= 4 is 23.6 Å². The van der Waals surface area contributed by atoms with Crippen molar-refractivity contribution in [1.82, 2.24) is 5.23 Å². The first kappa shape index (κ1) is 21.6. The number of nitro groups is 1. The van der Waals surface area contributed by atoms with Crippen LogP contribution in [0, 0.1) is 10.1 Å². The number of nitrogens with zero attached hydrogens (tertiary/aromatic N) is 2. The number of hydrogen-bond acceptors (Lipinski definition) is 11. The molecule has 0 spiro atoms. The van der Waals surface area contributed by atoms with Crippen molar-refractivity contribution in [3.8, 4) is 0 Å². The lowest BCUT2D eigenvalue weighted by Gasteiger charge is -2.30. The number of ether oxygens (including phenoxy) is 3. The summed E-state index contributed by atoms with van der Waals surface area (Å²) in [6.07, 6.45) is -2.73. The van der Waals surface area contributed by atoms with Gasteiger partial charge in [0, 0.05) is 18.6 Å². The normalized spacial score (nSPS) is 27.9. The fourth-order valence-corrected chi connectivity index (χ4v) is 3.75. The average molecular weight is 424 g/mol. The topological polar surface area (TPSA) is 144 Å². The van der Waals surface area contributed by atoms with Crippen molar-refractivity contribution in [3.05, 3.63) is 39.9 Å². The van der Waals surface area contributed by atoms with Gasteiger partial charge in [0.25, 0.3) is 5.69 Å². The molecule has 12 heteroatoms. The van der Waals surface area contributed by atoms with E-state index in [0.29, 0.717) is 5.56 Å². The maximum atomic E-state index is 12.9. The quantitative estimate of drug-likeness (QED) is 0.275. The molecule has 0 amide bonds. The molecular weight excluding hydrogens is 404 g/mol. The van der Waals surface area contributed by atoms with Gasteiger partial charge in [-0.05, 0) is 17.7 Å². The third-order valence-electron chi connectivity index (χ3n) is 5.06. The van der Waals surface area contributed by atoms with E-state index in [9.17, 15) is 24.5 Å². The first-order valence-corrected chi connectivity index (χ1v) is 9.01. The Morgan fingerprint density at radius 2 is 1.83 bits per heavy atom. The molecule has 0 bridgehead atoms. The van der Waals surface area contributed by atoms with Crippen molar-refractivity contribution in [1.29, 1.82) is 0 Å². The first-order chi connectivity index (χ1) is 14.3. The monoisotopic (exact) mass is 424 g/mol. The van der Waals surface area contributed by atoms with E-state index >= 15 is 0 Å². The van der Waals surface area contributed by atoms with Gasteiger partial charge in [-0.2, -0.15) is 0 Å². The van der Waals surface area contributed by atoms with Gasteiger partial charge in [0.1, 0.15) is 0 Å². The van der Waals surface area contributed by atoms with Gasteiger partial charge in [0.05, 0.1) is 31.7 Å². The molecule has 1 aromatic carbocycles. The zero-order valence-corrected chi connectivity index (χ0v) is 16.4. The highest BCUT2D eigenvalue weighted by Gasteiger charge is 2.70. The van der Waals surface area contributed by atoms with E-state index in [1.165, 1.54) is 24.3 Å². The first-order valence-electron chi connectivity index (χ1n) is 9.01. The molecule has 162 valence electrons. The summed E-state index contributed by atoms with van der Waals surface area (Å²) >= 11 is 0. The summed E-state index contributed by atoms with van der Waals surface area (Å²) in [4.78, 5) is 59.0. The highest BCUT2D eigenvalue weighted by atomic mass is 17.0. The van der Waals surface area contributed by atoms with Crippen LogP contribution in [0.4, 0.5) is 5.69 Å². The fraction of sp³-hybridized carbons (Fsp3) is 0.500. The maximum absolute atomic E-state index is 12.9. The summed E-state index contributed by atoms with van der Waals surface area (Å²) in [6, 6.07) is 5.26. The van der Waals surface area contributed by atoms with Crippen LogP contribution in [-0.4, -0.2) is 66.6 Å². The minimum Gasteiger partial charge on any atom is -0.467 e. The Morgan fingerprint density at radius 3 is 2.37 bits per heavy atom. The number of benzene rings is 1. The third kappa shape index (κ3) is 3.38. The zero-order valence-electron chi connectivity index (χ0n) is 16.4. The molecule has 0 N–H and O–H groups in total. The molecule has 3 rings (SSSR count). The lowest BCUT2D eigenvalue weighted by atomic mass is 9.74. The Morgan fingerprint density at radius 1 is 1.17 bits per heavy atom. The van der Waals surface area contributed by atoms with Crippen LogP contribution in [0.25, 0.3) is 0 Å². The molecular formula is C18H20N2O10. The van der Waals surface area contributed by atoms with Gasteiger partial charge in [-0.25, -0.2) is 14.4 Å². The van der Waals surface area contributed by atoms with E-state index in [4.69, 9.17) is 23.9 Å². The van der Waals surface area contributed by atoms with Crippen LogP contribution in [0.3, 0.4) is 0 Å². The number of carbonyl (C=O) groups excluding carboxylic acids is 3. The highest BCUT2D eigenvalue weighted by molar-refractivity contribution is 5.88. The van der Waals surface area contributed by atoms with Crippen LogP contribution < -0.4 is 0 Å². The number of rotatable bonds is 6. The summed E-state index contributed by atoms with van der Waals surface area (Å²) in [5.41, 5.74) is -1.54. The van der Waals surface area contributed by atoms with Gasteiger partial charge in [-0.3, -0.25) is 19.8 Å². The average Bonchev–Trinajstić information content (AvgIpc) is 3.27. The SMILES string of the molecule is CCOC(=O)C1CC2(C(=O)OC)C(c3ccc([N+](=O)[O-])cc3)C(C(=O)OC)ON2O1. The van der Waals surface area contributed by atoms with Crippen molar-refractivity contribution in [2.75, 3.05) is 20.8 Å². The molecule has 0 aromatic heterocycles. The molecule has 0 radical (unpaired) electrons. The molecule has 0 aliphatic carbocycles. The fourth-order valence-electron chi connectivity index (χ4n) is 3.75. The molecule has 2 aliphatic heterocycles. The number of methoxy groups -OCH3 is 2. The van der Waals surface area contributed by atoms with Crippen molar-refractivity contribution in [2.45, 2.75) is 37.0 Å². The molecule has 2 fully saturated rings. The van der Waals surface area contributed by atoms with Gasteiger partial charge >= 0.3 is 17.9 Å². The van der Waals surface area contributed by atoms with Gasteiger partial charge in [-0.1, -0.05) is 12.1 Å². The van der Waals surface area contributed by atoms with E-state index in [1.54, 1.807) is 6.92 Å². The predicted molar refractivity (Wildman–Crippen MR) is 95.4 cm³/mol. The molecule has 4 atom stereocenters. The Kier molecular flexibility index (Phi) is 6.01. The number of esters is 3. The maximum Gasteiger partial charge on any atom is 0.337 e. The molecule has 30 heavy (non-hydrogen) atoms. The highest BCUT2D eigenvalue weighted by Crippen LogP contribution is 2.52. The molecule has 2 saturated heterocycles. The predicted octanol–water partition coefficient (Wildman–Crippen LogP) is 0.646. The molecule has 12 nitrogen and oxygen atoms in total. The van der Waals surface area contributed by atoms with Crippen LogP contribution in [-0.2, 0) is 38.3 Å². The zero-order chi connectivity index (χ0) is 22.1. The molecule has 4 unspecified atom stereocenters. The number of nitro benzene ring substituents is 1. The van der Waals surface area contributed by atoms with Crippen LogP contribution in [0.15, 0.2) is 24.3 Å². The van der Waals surface area contributed by atoms with Gasteiger partial charge < -0.3 is 14.2 Å². The standard InChI is InChI=1S/C18H20N2O10/c1-4-28-15(21)12-9-18(17(23)27-3)13(10-5-7-11(8-6-10)19(24)25)14(16(22)26-2)30-20(18)29-12/h5-8,12-14H,4,9H2,1-3H3. The summed E-state index contributed by atoms with van der Waals surface area (Å²) in [5.74, 6) is -3.37. The lowest BCUT2D eigenvalue weighted by molar-refractivity contribution is -0.384. The van der Waals surface area contributed by atoms with Crippen LogP contribution in [0.1, 0.15) is 24.8 Å². The van der Waals surface area contributed by atoms with E-state index in [0.717, 1.165) is 19.4 Å². The van der Waals surface area contributed by atoms with Crippen molar-refractivity contribution in [3.63, 3.8) is 0 Å². The third-order valence-corrected chi connectivity index (χ3v) is 5.06. The minimum atomic E-state index is -1.72. The molecule has 2 heterocycles. The second kappa shape index (κ2) is 8.34. The number of hydrogen-bond donors (Lipinski definition) is 0. The Balaban J connectivity index is 2.09. The summed E-state index contributed by atoms with van der Waals surface area (Å²) in [6.45, 7) is 1.72. The number of hydroxylamine groups is 2. The van der Waals surface area contributed by atoms with E-state index in [1.807, 2.05) is 0 Å². The summed E-state index contributed by atoms with van der Waals surface area (Å²) < 4.78 is 14.7. The largest absolute Gasteiger partial charge is 0.467 e. The second-order valence-electron chi connectivity index (χ2n) is 6.60. The number of non-ortho nitro benzene ring substituents is 1. The molecule has 1 aromatic rings. The van der Waals surface area contributed by atoms with Crippen LogP contribution in [0.2, 0.25) is 0 Å². The lowest BCUT2D eigenvalue weighted by Crippen LogP contribution is -2.50. The Hall–Kier alpha value is -3.09. The Labute approximate surface area is 170 Å². The minimum absolute atomic E-state index is 0.0986. The van der Waals surface area contributed by atoms with Gasteiger partial charge in [-0.15, -0.1) is 0 Å². The molecule has 0 saturated carbocycles. The molecule has 2 aliphatic rings.